The van der Waals surface area contributed by atoms with Crippen LogP contribution in [0.4, 0.5) is 17.1 Å². The Morgan fingerprint density at radius 3 is 1.38 bits per heavy atom. The molecule has 0 aliphatic carbocycles. The van der Waals surface area contributed by atoms with Crippen LogP contribution in [0.5, 0.6) is 0 Å². The molecule has 2 saturated heterocycles. The van der Waals surface area contributed by atoms with E-state index in [1.807, 2.05) is 0 Å². The highest BCUT2D eigenvalue weighted by Crippen LogP contribution is 2.60. The van der Waals surface area contributed by atoms with Gasteiger partial charge in [0.05, 0.1) is 28.1 Å². The van der Waals surface area contributed by atoms with Gasteiger partial charge in [0.15, 0.2) is 0 Å². The van der Waals surface area contributed by atoms with Gasteiger partial charge < -0.3 is 14.4 Å². The van der Waals surface area contributed by atoms with Gasteiger partial charge in [-0.1, -0.05) is 68.3 Å². The van der Waals surface area contributed by atoms with Crippen LogP contribution >= 0.6 is 31.9 Å². The van der Waals surface area contributed by atoms with Gasteiger partial charge >= 0.3 is 0 Å². The highest BCUT2D eigenvalue weighted by atomic mass is 79.9. The third-order valence-electron chi connectivity index (χ3n) is 11.4. The van der Waals surface area contributed by atoms with Gasteiger partial charge in [0.2, 0.25) is 0 Å². The van der Waals surface area contributed by atoms with E-state index in [9.17, 15) is 0 Å². The molecule has 3 nitrogen and oxygen atoms in total. The zero-order valence-electron chi connectivity index (χ0n) is 27.2. The summed E-state index contributed by atoms with van der Waals surface area (Å²) in [7, 11) is 0. The molecular weight excluding hydrogens is 710 g/mol. The lowest BCUT2D eigenvalue weighted by Crippen LogP contribution is -2.18. The first-order valence-electron chi connectivity index (χ1n) is 16.6. The molecule has 4 aliphatic rings. The van der Waals surface area contributed by atoms with Crippen LogP contribution in [0.15, 0.2) is 112 Å². The maximum absolute atomic E-state index is 6.67. The molecule has 236 valence electrons. The van der Waals surface area contributed by atoms with Crippen molar-refractivity contribution in [3.8, 4) is 22.3 Å². The Kier molecular flexibility index (Phi) is 6.45. The van der Waals surface area contributed by atoms with Gasteiger partial charge in [0, 0.05) is 25.9 Å². The molecule has 4 bridgehead atoms. The van der Waals surface area contributed by atoms with Crippen molar-refractivity contribution in [1.29, 1.82) is 0 Å². The Morgan fingerprint density at radius 2 is 0.872 bits per heavy atom. The molecule has 0 radical (unpaired) electrons. The van der Waals surface area contributed by atoms with Crippen molar-refractivity contribution in [2.45, 2.75) is 75.8 Å². The molecule has 47 heavy (non-hydrogen) atoms. The van der Waals surface area contributed by atoms with E-state index in [4.69, 9.17) is 9.47 Å². The lowest BCUT2D eigenvalue weighted by molar-refractivity contribution is -0.0665. The Balaban J connectivity index is 1.26. The van der Waals surface area contributed by atoms with Gasteiger partial charge in [-0.05, 0) is 159 Å². The molecule has 5 aromatic rings. The Labute approximate surface area is 294 Å². The minimum atomic E-state index is -0.240. The molecule has 4 heterocycles. The third-order valence-corrected chi connectivity index (χ3v) is 12.5. The number of halogens is 2. The molecule has 4 unspecified atom stereocenters. The third kappa shape index (κ3) is 4.50. The maximum atomic E-state index is 6.67. The fraction of sp³-hybridized carbons (Fsp3) is 0.286. The summed E-state index contributed by atoms with van der Waals surface area (Å²) in [4.78, 5) is 2.39. The second-order valence-corrected chi connectivity index (χ2v) is 16.5. The van der Waals surface area contributed by atoms with Crippen LogP contribution in [0.3, 0.4) is 0 Å². The summed E-state index contributed by atoms with van der Waals surface area (Å²) in [5, 5.41) is 0. The predicted octanol–water partition coefficient (Wildman–Crippen LogP) is 12.5. The second kappa shape index (κ2) is 10.1. The SMILES string of the molecule is CC12CCC(C)(O1)c1cc(-c3ccc(-c4ccc5c(c4)C4(C)CCC5(C)O4)c(N(c4ccc(Br)cc4)c4ccc(Br)cc4)c3)ccc12. The summed E-state index contributed by atoms with van der Waals surface area (Å²) in [6, 6.07) is 38.2. The molecule has 0 amide bonds. The smallest absolute Gasteiger partial charge is 0.0920 e. The van der Waals surface area contributed by atoms with Crippen molar-refractivity contribution < 1.29 is 9.47 Å². The zero-order chi connectivity index (χ0) is 32.3. The van der Waals surface area contributed by atoms with Crippen LogP contribution < -0.4 is 4.90 Å². The van der Waals surface area contributed by atoms with Crippen molar-refractivity contribution >= 4 is 48.9 Å². The van der Waals surface area contributed by atoms with E-state index in [1.165, 1.54) is 44.5 Å². The second-order valence-electron chi connectivity index (χ2n) is 14.7. The van der Waals surface area contributed by atoms with E-state index in [1.54, 1.807) is 0 Å². The number of rotatable bonds is 5. The van der Waals surface area contributed by atoms with Crippen LogP contribution in [0.2, 0.25) is 0 Å². The van der Waals surface area contributed by atoms with Crippen molar-refractivity contribution in [2.24, 2.45) is 0 Å². The number of hydrogen-bond donors (Lipinski definition) is 0. The largest absolute Gasteiger partial charge is 0.360 e. The topological polar surface area (TPSA) is 21.7 Å². The summed E-state index contributed by atoms with van der Waals surface area (Å²) in [6.45, 7) is 9.02. The molecular formula is C42H37Br2NO2. The number of anilines is 3. The van der Waals surface area contributed by atoms with Gasteiger partial charge in [-0.25, -0.2) is 0 Å². The monoisotopic (exact) mass is 745 g/mol. The number of benzene rings is 5. The molecule has 0 saturated carbocycles. The first-order chi connectivity index (χ1) is 22.5. The average molecular weight is 748 g/mol. The van der Waals surface area contributed by atoms with E-state index < -0.39 is 0 Å². The van der Waals surface area contributed by atoms with Crippen molar-refractivity contribution in [1.82, 2.24) is 0 Å². The summed E-state index contributed by atoms with van der Waals surface area (Å²) < 4.78 is 15.4. The molecule has 0 spiro atoms. The van der Waals surface area contributed by atoms with Crippen LogP contribution in [0.25, 0.3) is 22.3 Å². The minimum Gasteiger partial charge on any atom is -0.360 e. The van der Waals surface area contributed by atoms with Crippen molar-refractivity contribution in [2.75, 3.05) is 4.90 Å². The van der Waals surface area contributed by atoms with Crippen LogP contribution in [0, 0.1) is 0 Å². The molecule has 5 aromatic carbocycles. The van der Waals surface area contributed by atoms with E-state index in [0.717, 1.165) is 51.7 Å². The molecule has 9 rings (SSSR count). The first kappa shape index (κ1) is 29.9. The quantitative estimate of drug-likeness (QED) is 0.179. The summed E-state index contributed by atoms with van der Waals surface area (Å²) in [5.74, 6) is 0. The van der Waals surface area contributed by atoms with E-state index in [2.05, 4.69) is 168 Å². The lowest BCUT2D eigenvalue weighted by Gasteiger charge is -2.29. The number of fused-ring (bicyclic) bond motifs is 10. The van der Waals surface area contributed by atoms with Crippen LogP contribution in [-0.4, -0.2) is 0 Å². The average Bonchev–Trinajstić information content (AvgIpc) is 3.72. The predicted molar refractivity (Wildman–Crippen MR) is 197 cm³/mol. The minimum absolute atomic E-state index is 0.179. The van der Waals surface area contributed by atoms with Gasteiger partial charge in [-0.2, -0.15) is 0 Å². The zero-order valence-corrected chi connectivity index (χ0v) is 30.3. The highest BCUT2D eigenvalue weighted by molar-refractivity contribution is 9.10. The molecule has 5 heteroatoms. The lowest BCUT2D eigenvalue weighted by atomic mass is 9.77. The van der Waals surface area contributed by atoms with Crippen LogP contribution in [-0.2, 0) is 31.9 Å². The van der Waals surface area contributed by atoms with Gasteiger partial charge in [0.1, 0.15) is 0 Å². The molecule has 2 fully saturated rings. The molecule has 4 aliphatic heterocycles. The number of nitrogens with zero attached hydrogens (tertiary/aromatic N) is 1. The number of ether oxygens (including phenoxy) is 2. The Morgan fingerprint density at radius 1 is 0.468 bits per heavy atom. The van der Waals surface area contributed by atoms with E-state index >= 15 is 0 Å². The van der Waals surface area contributed by atoms with Gasteiger partial charge in [-0.15, -0.1) is 0 Å². The Bertz CT molecular complexity index is 2050. The van der Waals surface area contributed by atoms with Crippen molar-refractivity contribution in [3.63, 3.8) is 0 Å². The summed E-state index contributed by atoms with van der Waals surface area (Å²) in [6.07, 6.45) is 4.26. The fourth-order valence-corrected chi connectivity index (χ4v) is 9.42. The molecule has 0 aromatic heterocycles. The van der Waals surface area contributed by atoms with E-state index in [0.29, 0.717) is 0 Å². The fourth-order valence-electron chi connectivity index (χ4n) is 8.89. The summed E-state index contributed by atoms with van der Waals surface area (Å²) >= 11 is 7.33. The van der Waals surface area contributed by atoms with E-state index in [-0.39, 0.29) is 22.4 Å². The standard InChI is InChI=1S/C42H37Br2NO2/c1-39-19-21-41(3,46-39)36-23-26(6-17-34(36)39)27-5-16-33(28-7-18-35-37(24-28)42(4)22-20-40(35,2)47-42)38(25-27)45(31-12-8-29(43)9-13-31)32-14-10-30(44)11-15-32/h5-18,23-25H,19-22H2,1-4H3. The Hall–Kier alpha value is -3.22. The molecule has 0 N–H and O–H groups in total. The highest BCUT2D eigenvalue weighted by Gasteiger charge is 2.55. The van der Waals surface area contributed by atoms with Gasteiger partial charge in [-0.3, -0.25) is 0 Å². The number of hydrogen-bond acceptors (Lipinski definition) is 3. The van der Waals surface area contributed by atoms with Crippen molar-refractivity contribution in [3.05, 3.63) is 134 Å². The normalized spacial score (nSPS) is 28.0. The van der Waals surface area contributed by atoms with Crippen LogP contribution in [0.1, 0.15) is 75.6 Å². The maximum Gasteiger partial charge on any atom is 0.0920 e. The first-order valence-corrected chi connectivity index (χ1v) is 18.2. The molecule has 4 atom stereocenters. The van der Waals surface area contributed by atoms with Gasteiger partial charge in [0.25, 0.3) is 0 Å². The summed E-state index contributed by atoms with van der Waals surface area (Å²) in [5.41, 5.74) is 12.6.